The van der Waals surface area contributed by atoms with Gasteiger partial charge in [0.05, 0.1) is 6.61 Å². The molecular weight excluding hydrogens is 256 g/mol. The zero-order valence-corrected chi connectivity index (χ0v) is 11.7. The first kappa shape index (κ1) is 14.4. The average molecular weight is 276 g/mol. The molecule has 1 aromatic carbocycles. The number of nitrogens with zero attached hydrogens (tertiary/aromatic N) is 2. The fraction of sp³-hybridized carbons (Fsp3) is 0.467. The van der Waals surface area contributed by atoms with Gasteiger partial charge < -0.3 is 14.5 Å². The summed E-state index contributed by atoms with van der Waals surface area (Å²) in [6, 6.07) is 10.0. The SMILES string of the molecule is CCOC(=O)CN1CCN(c2ccccc2)CCC1=O. The molecule has 0 spiro atoms. The molecule has 1 aliphatic rings. The van der Waals surface area contributed by atoms with Crippen molar-refractivity contribution in [3.8, 4) is 0 Å². The number of hydrogen-bond acceptors (Lipinski definition) is 4. The molecule has 2 rings (SSSR count). The molecular formula is C15H20N2O3. The highest BCUT2D eigenvalue weighted by atomic mass is 16.5. The van der Waals surface area contributed by atoms with E-state index >= 15 is 0 Å². The number of hydrogen-bond donors (Lipinski definition) is 0. The van der Waals surface area contributed by atoms with E-state index in [1.807, 2.05) is 30.3 Å². The van der Waals surface area contributed by atoms with Gasteiger partial charge in [0.15, 0.2) is 0 Å². The van der Waals surface area contributed by atoms with Gasteiger partial charge in [-0.2, -0.15) is 0 Å². The van der Waals surface area contributed by atoms with Crippen LogP contribution in [0.3, 0.4) is 0 Å². The highest BCUT2D eigenvalue weighted by Gasteiger charge is 2.23. The van der Waals surface area contributed by atoms with Gasteiger partial charge in [-0.1, -0.05) is 18.2 Å². The number of carbonyl (C=O) groups excluding carboxylic acids is 2. The van der Waals surface area contributed by atoms with Gasteiger partial charge in [0.25, 0.3) is 0 Å². The molecule has 5 nitrogen and oxygen atoms in total. The predicted molar refractivity (Wildman–Crippen MR) is 76.5 cm³/mol. The maximum absolute atomic E-state index is 12.0. The van der Waals surface area contributed by atoms with Gasteiger partial charge in [-0.15, -0.1) is 0 Å². The lowest BCUT2D eigenvalue weighted by atomic mass is 10.2. The maximum atomic E-state index is 12.0. The van der Waals surface area contributed by atoms with Crippen molar-refractivity contribution < 1.29 is 14.3 Å². The van der Waals surface area contributed by atoms with E-state index in [-0.39, 0.29) is 18.4 Å². The first-order valence-electron chi connectivity index (χ1n) is 6.94. The Balaban J connectivity index is 1.96. The normalized spacial score (nSPS) is 15.9. The van der Waals surface area contributed by atoms with Crippen molar-refractivity contribution in [3.05, 3.63) is 30.3 Å². The van der Waals surface area contributed by atoms with Crippen LogP contribution < -0.4 is 4.90 Å². The molecule has 1 amide bonds. The number of ether oxygens (including phenoxy) is 1. The van der Waals surface area contributed by atoms with E-state index in [4.69, 9.17) is 4.74 Å². The summed E-state index contributed by atoms with van der Waals surface area (Å²) in [6.07, 6.45) is 0.425. The Morgan fingerprint density at radius 1 is 1.20 bits per heavy atom. The van der Waals surface area contributed by atoms with Crippen LogP contribution in [0.5, 0.6) is 0 Å². The predicted octanol–water partition coefficient (Wildman–Crippen LogP) is 1.29. The third kappa shape index (κ3) is 3.73. The number of benzene rings is 1. The minimum Gasteiger partial charge on any atom is -0.465 e. The minimum atomic E-state index is -0.339. The number of carbonyl (C=O) groups is 2. The Hall–Kier alpha value is -2.04. The number of rotatable bonds is 4. The molecule has 5 heteroatoms. The molecule has 1 aliphatic heterocycles. The van der Waals surface area contributed by atoms with Crippen LogP contribution in [0.1, 0.15) is 13.3 Å². The van der Waals surface area contributed by atoms with Crippen LogP contribution in [0, 0.1) is 0 Å². The molecule has 0 atom stereocenters. The van der Waals surface area contributed by atoms with Crippen molar-refractivity contribution in [2.75, 3.05) is 37.7 Å². The third-order valence-electron chi connectivity index (χ3n) is 3.33. The summed E-state index contributed by atoms with van der Waals surface area (Å²) in [5, 5.41) is 0. The highest BCUT2D eigenvalue weighted by Crippen LogP contribution is 2.16. The van der Waals surface area contributed by atoms with E-state index in [0.29, 0.717) is 26.1 Å². The maximum Gasteiger partial charge on any atom is 0.325 e. The van der Waals surface area contributed by atoms with Gasteiger partial charge in [0, 0.05) is 31.7 Å². The van der Waals surface area contributed by atoms with Crippen LogP contribution in [-0.2, 0) is 14.3 Å². The zero-order valence-electron chi connectivity index (χ0n) is 11.7. The van der Waals surface area contributed by atoms with Crippen molar-refractivity contribution in [1.29, 1.82) is 0 Å². The second kappa shape index (κ2) is 6.93. The Morgan fingerprint density at radius 2 is 1.95 bits per heavy atom. The molecule has 20 heavy (non-hydrogen) atoms. The number of anilines is 1. The zero-order chi connectivity index (χ0) is 14.4. The van der Waals surface area contributed by atoms with Crippen molar-refractivity contribution in [2.45, 2.75) is 13.3 Å². The standard InChI is InChI=1S/C15H20N2O3/c1-2-20-15(19)12-17-11-10-16(9-8-14(17)18)13-6-4-3-5-7-13/h3-7H,2,8-12H2,1H3. The minimum absolute atomic E-state index is 0.0106. The summed E-state index contributed by atoms with van der Waals surface area (Å²) in [4.78, 5) is 27.3. The topological polar surface area (TPSA) is 49.9 Å². The smallest absolute Gasteiger partial charge is 0.325 e. The molecule has 0 N–H and O–H groups in total. The van der Waals surface area contributed by atoms with E-state index in [1.54, 1.807) is 11.8 Å². The van der Waals surface area contributed by atoms with Crippen molar-refractivity contribution >= 4 is 17.6 Å². The first-order valence-corrected chi connectivity index (χ1v) is 6.94. The Kier molecular flexibility index (Phi) is 4.98. The molecule has 0 bridgehead atoms. The molecule has 1 heterocycles. The molecule has 0 aliphatic carbocycles. The molecule has 0 unspecified atom stereocenters. The van der Waals surface area contributed by atoms with E-state index in [0.717, 1.165) is 12.2 Å². The van der Waals surface area contributed by atoms with Gasteiger partial charge >= 0.3 is 5.97 Å². The fourth-order valence-corrected chi connectivity index (χ4v) is 2.29. The second-order valence-electron chi connectivity index (χ2n) is 4.69. The van der Waals surface area contributed by atoms with Crippen LogP contribution >= 0.6 is 0 Å². The largest absolute Gasteiger partial charge is 0.465 e. The highest BCUT2D eigenvalue weighted by molar-refractivity contribution is 5.82. The summed E-state index contributed by atoms with van der Waals surface area (Å²) in [6.45, 7) is 4.12. The van der Waals surface area contributed by atoms with Gasteiger partial charge in [-0.25, -0.2) is 0 Å². The van der Waals surface area contributed by atoms with Crippen LogP contribution in [0.2, 0.25) is 0 Å². The van der Waals surface area contributed by atoms with Crippen molar-refractivity contribution in [3.63, 3.8) is 0 Å². The lowest BCUT2D eigenvalue weighted by Crippen LogP contribution is -2.37. The second-order valence-corrected chi connectivity index (χ2v) is 4.69. The summed E-state index contributed by atoms with van der Waals surface area (Å²) >= 11 is 0. The number of esters is 1. The summed E-state index contributed by atoms with van der Waals surface area (Å²) < 4.78 is 4.90. The fourth-order valence-electron chi connectivity index (χ4n) is 2.29. The van der Waals surface area contributed by atoms with Crippen molar-refractivity contribution in [1.82, 2.24) is 4.90 Å². The van der Waals surface area contributed by atoms with Crippen LogP contribution in [0.15, 0.2) is 30.3 Å². The summed E-state index contributed by atoms with van der Waals surface area (Å²) in [5.74, 6) is -0.328. The van der Waals surface area contributed by atoms with Gasteiger partial charge in [0.1, 0.15) is 6.54 Å². The molecule has 1 fully saturated rings. The average Bonchev–Trinajstić information content (AvgIpc) is 2.63. The lowest BCUT2D eigenvalue weighted by Gasteiger charge is -2.23. The molecule has 0 radical (unpaired) electrons. The van der Waals surface area contributed by atoms with Gasteiger partial charge in [-0.05, 0) is 19.1 Å². The van der Waals surface area contributed by atoms with Crippen LogP contribution in [0.25, 0.3) is 0 Å². The van der Waals surface area contributed by atoms with Gasteiger partial charge in [0.2, 0.25) is 5.91 Å². The monoisotopic (exact) mass is 276 g/mol. The lowest BCUT2D eigenvalue weighted by molar-refractivity contribution is -0.148. The molecule has 108 valence electrons. The third-order valence-corrected chi connectivity index (χ3v) is 3.33. The molecule has 0 aromatic heterocycles. The molecule has 0 saturated carbocycles. The summed E-state index contributed by atoms with van der Waals surface area (Å²) in [7, 11) is 0. The Bertz CT molecular complexity index is 461. The van der Waals surface area contributed by atoms with Crippen LogP contribution in [-0.4, -0.2) is 49.6 Å². The molecule has 1 aromatic rings. The van der Waals surface area contributed by atoms with Crippen LogP contribution in [0.4, 0.5) is 5.69 Å². The van der Waals surface area contributed by atoms with Gasteiger partial charge in [-0.3, -0.25) is 9.59 Å². The van der Waals surface area contributed by atoms with E-state index < -0.39 is 0 Å². The molecule has 1 saturated heterocycles. The first-order chi connectivity index (χ1) is 9.70. The van der Waals surface area contributed by atoms with E-state index in [9.17, 15) is 9.59 Å². The summed E-state index contributed by atoms with van der Waals surface area (Å²) in [5.41, 5.74) is 1.11. The number of para-hydroxylation sites is 1. The number of amides is 1. The van der Waals surface area contributed by atoms with E-state index in [1.165, 1.54) is 0 Å². The Morgan fingerprint density at radius 3 is 2.65 bits per heavy atom. The quantitative estimate of drug-likeness (QED) is 0.778. The van der Waals surface area contributed by atoms with Crippen molar-refractivity contribution in [2.24, 2.45) is 0 Å². The van der Waals surface area contributed by atoms with E-state index in [2.05, 4.69) is 4.90 Å². The Labute approximate surface area is 119 Å².